The van der Waals surface area contributed by atoms with Crippen LogP contribution in [0.15, 0.2) is 18.2 Å². The van der Waals surface area contributed by atoms with Gasteiger partial charge in [-0.1, -0.05) is 32.4 Å². The van der Waals surface area contributed by atoms with Gasteiger partial charge in [-0.05, 0) is 49.9 Å². The van der Waals surface area contributed by atoms with Gasteiger partial charge in [0.25, 0.3) is 0 Å². The number of rotatable bonds is 2. The molecule has 1 saturated carbocycles. The maximum absolute atomic E-state index is 13.2. The van der Waals surface area contributed by atoms with Gasteiger partial charge in [-0.15, -0.1) is 0 Å². The van der Waals surface area contributed by atoms with Gasteiger partial charge in [0.2, 0.25) is 17.7 Å². The maximum Gasteiger partial charge on any atom is 0.234 e. The quantitative estimate of drug-likeness (QED) is 0.798. The summed E-state index contributed by atoms with van der Waals surface area (Å²) < 4.78 is 0. The van der Waals surface area contributed by atoms with Gasteiger partial charge in [0.05, 0.1) is 0 Å². The Morgan fingerprint density at radius 3 is 2.12 bits per heavy atom. The molecule has 2 bridgehead atoms. The van der Waals surface area contributed by atoms with E-state index in [0.717, 1.165) is 5.56 Å². The zero-order valence-corrected chi connectivity index (χ0v) is 16.7. The Balaban J connectivity index is 1.93. The monoisotopic (exact) mass is 376 g/mol. The van der Waals surface area contributed by atoms with E-state index < -0.39 is 16.2 Å². The van der Waals surface area contributed by atoms with Crippen LogP contribution in [-0.4, -0.2) is 29.7 Å². The second kappa shape index (κ2) is 5.81. The molecule has 2 unspecified atom stereocenters. The predicted molar refractivity (Wildman–Crippen MR) is 101 cm³/mol. The molecule has 6 heteroatoms. The van der Waals surface area contributed by atoms with Crippen molar-refractivity contribution >= 4 is 35.0 Å². The van der Waals surface area contributed by atoms with Crippen molar-refractivity contribution < 1.29 is 14.4 Å². The molecular formula is C20H25ClN2O3. The van der Waals surface area contributed by atoms with Crippen LogP contribution in [0.2, 0.25) is 5.02 Å². The third kappa shape index (κ3) is 2.82. The average molecular weight is 377 g/mol. The van der Waals surface area contributed by atoms with Crippen molar-refractivity contribution in [3.8, 4) is 0 Å². The van der Waals surface area contributed by atoms with Crippen LogP contribution in [-0.2, 0) is 14.4 Å². The number of fused-ring (bicyclic) bond motifs is 2. The normalized spacial score (nSPS) is 34.0. The molecule has 1 aromatic rings. The zero-order chi connectivity index (χ0) is 19.5. The molecule has 1 aliphatic heterocycles. The van der Waals surface area contributed by atoms with Crippen molar-refractivity contribution in [2.75, 3.05) is 12.4 Å². The molecule has 26 heavy (non-hydrogen) atoms. The molecule has 3 amide bonds. The summed E-state index contributed by atoms with van der Waals surface area (Å²) >= 11 is 5.98. The van der Waals surface area contributed by atoms with E-state index in [9.17, 15) is 14.4 Å². The fourth-order valence-corrected chi connectivity index (χ4v) is 5.40. The van der Waals surface area contributed by atoms with Crippen molar-refractivity contribution in [1.29, 1.82) is 0 Å². The molecule has 5 nitrogen and oxygen atoms in total. The smallest absolute Gasteiger partial charge is 0.234 e. The van der Waals surface area contributed by atoms with Gasteiger partial charge >= 0.3 is 0 Å². The summed E-state index contributed by atoms with van der Waals surface area (Å²) in [6.45, 7) is 7.47. The van der Waals surface area contributed by atoms with Crippen molar-refractivity contribution in [3.63, 3.8) is 0 Å². The Labute approximate surface area is 159 Å². The number of aryl methyl sites for hydroxylation is 1. The highest BCUT2D eigenvalue weighted by Crippen LogP contribution is 2.58. The van der Waals surface area contributed by atoms with Gasteiger partial charge in [0, 0.05) is 34.0 Å². The number of hydrogen-bond donors (Lipinski definition) is 1. The topological polar surface area (TPSA) is 66.5 Å². The van der Waals surface area contributed by atoms with Gasteiger partial charge in [0.1, 0.15) is 0 Å². The van der Waals surface area contributed by atoms with Crippen molar-refractivity contribution in [1.82, 2.24) is 4.90 Å². The summed E-state index contributed by atoms with van der Waals surface area (Å²) in [5.41, 5.74) is -0.662. The first kappa shape index (κ1) is 18.9. The molecule has 140 valence electrons. The number of benzene rings is 1. The molecule has 2 fully saturated rings. The number of likely N-dealkylation sites (tertiary alicyclic amines) is 1. The van der Waals surface area contributed by atoms with E-state index in [1.54, 1.807) is 25.2 Å². The highest BCUT2D eigenvalue weighted by Gasteiger charge is 2.62. The number of halogens is 1. The largest absolute Gasteiger partial charge is 0.325 e. The van der Waals surface area contributed by atoms with Crippen LogP contribution >= 0.6 is 11.6 Å². The third-order valence-corrected chi connectivity index (χ3v) is 6.20. The Bertz CT molecular complexity index is 791. The molecule has 2 atom stereocenters. The van der Waals surface area contributed by atoms with E-state index in [2.05, 4.69) is 5.32 Å². The minimum absolute atomic E-state index is 0.162. The molecule has 1 aliphatic carbocycles. The number of carbonyl (C=O) groups excluding carboxylic acids is 3. The lowest BCUT2D eigenvalue weighted by molar-refractivity contribution is -0.177. The van der Waals surface area contributed by atoms with Gasteiger partial charge in [-0.3, -0.25) is 19.3 Å². The first-order chi connectivity index (χ1) is 11.9. The second-order valence-corrected chi connectivity index (χ2v) is 9.23. The van der Waals surface area contributed by atoms with Crippen LogP contribution in [0.25, 0.3) is 0 Å². The maximum atomic E-state index is 13.2. The summed E-state index contributed by atoms with van der Waals surface area (Å²) in [5.74, 6) is -0.548. The van der Waals surface area contributed by atoms with Gasteiger partial charge in [-0.25, -0.2) is 0 Å². The van der Waals surface area contributed by atoms with Crippen LogP contribution in [0.4, 0.5) is 5.69 Å². The number of anilines is 1. The molecule has 0 spiro atoms. The van der Waals surface area contributed by atoms with Gasteiger partial charge < -0.3 is 5.32 Å². The fourth-order valence-electron chi connectivity index (χ4n) is 5.18. The number of imide groups is 1. The predicted octanol–water partition coefficient (Wildman–Crippen LogP) is 3.79. The fraction of sp³-hybridized carbons (Fsp3) is 0.550. The molecule has 2 aliphatic rings. The molecule has 1 N–H and O–H groups in total. The SMILES string of the molecule is Cc1cc(Cl)ccc1NC(=O)C1(C)CC2(C)CC(C)(C1)C(=O)N(C)C2=O. The highest BCUT2D eigenvalue weighted by atomic mass is 35.5. The lowest BCUT2D eigenvalue weighted by Gasteiger charge is -2.55. The molecule has 3 rings (SSSR count). The van der Waals surface area contributed by atoms with E-state index >= 15 is 0 Å². The highest BCUT2D eigenvalue weighted by molar-refractivity contribution is 6.30. The Morgan fingerprint density at radius 1 is 1.08 bits per heavy atom. The van der Waals surface area contributed by atoms with E-state index in [1.165, 1.54) is 4.90 Å². The molecule has 1 heterocycles. The number of nitrogens with one attached hydrogen (secondary N) is 1. The summed E-state index contributed by atoms with van der Waals surface area (Å²) in [7, 11) is 1.54. The van der Waals surface area contributed by atoms with Crippen LogP contribution in [0.5, 0.6) is 0 Å². The second-order valence-electron chi connectivity index (χ2n) is 8.80. The Morgan fingerprint density at radius 2 is 1.62 bits per heavy atom. The van der Waals surface area contributed by atoms with Crippen LogP contribution < -0.4 is 5.32 Å². The van der Waals surface area contributed by atoms with E-state index in [4.69, 9.17) is 11.6 Å². The lowest BCUT2D eigenvalue weighted by Crippen LogP contribution is -2.63. The minimum atomic E-state index is -0.805. The van der Waals surface area contributed by atoms with Gasteiger partial charge in [-0.2, -0.15) is 0 Å². The lowest BCUT2D eigenvalue weighted by atomic mass is 9.51. The van der Waals surface area contributed by atoms with E-state index in [0.29, 0.717) is 30.0 Å². The number of nitrogens with zero attached hydrogens (tertiary/aromatic N) is 1. The van der Waals surface area contributed by atoms with E-state index in [1.807, 2.05) is 27.7 Å². The molecule has 0 radical (unpaired) electrons. The number of carbonyl (C=O) groups is 3. The van der Waals surface area contributed by atoms with E-state index in [-0.39, 0.29) is 17.7 Å². The number of amides is 3. The van der Waals surface area contributed by atoms with Crippen molar-refractivity contribution in [3.05, 3.63) is 28.8 Å². The standard InChI is InChI=1S/C20H25ClN2O3/c1-12-8-13(21)6-7-14(12)22-15(24)18(2)9-19(3)11-20(4,10-18)17(26)23(5)16(19)25/h6-8H,9-11H2,1-5H3,(H,22,24). The summed E-state index contributed by atoms with van der Waals surface area (Å²) in [4.78, 5) is 39.9. The Kier molecular flexibility index (Phi) is 4.22. The average Bonchev–Trinajstić information content (AvgIpc) is 2.53. The van der Waals surface area contributed by atoms with Crippen LogP contribution in [0.1, 0.15) is 45.6 Å². The molecular weight excluding hydrogens is 352 g/mol. The first-order valence-electron chi connectivity index (χ1n) is 8.81. The summed E-state index contributed by atoms with van der Waals surface area (Å²) in [6.07, 6.45) is 1.33. The van der Waals surface area contributed by atoms with Crippen LogP contribution in [0, 0.1) is 23.2 Å². The van der Waals surface area contributed by atoms with Gasteiger partial charge in [0.15, 0.2) is 0 Å². The third-order valence-electron chi connectivity index (χ3n) is 5.97. The zero-order valence-electron chi connectivity index (χ0n) is 15.9. The first-order valence-corrected chi connectivity index (χ1v) is 9.18. The number of hydrogen-bond acceptors (Lipinski definition) is 3. The molecule has 0 aromatic heterocycles. The van der Waals surface area contributed by atoms with Crippen molar-refractivity contribution in [2.45, 2.75) is 47.0 Å². The van der Waals surface area contributed by atoms with Crippen molar-refractivity contribution in [2.24, 2.45) is 16.2 Å². The summed E-state index contributed by atoms with van der Waals surface area (Å²) in [5, 5.41) is 3.59. The van der Waals surface area contributed by atoms with Crippen LogP contribution in [0.3, 0.4) is 0 Å². The molecule has 1 saturated heterocycles. The number of piperidine rings is 1. The molecule has 1 aromatic carbocycles. The Hall–Kier alpha value is -1.88. The summed E-state index contributed by atoms with van der Waals surface area (Å²) in [6, 6.07) is 5.29. The minimum Gasteiger partial charge on any atom is -0.325 e.